The predicted octanol–water partition coefficient (Wildman–Crippen LogP) is 5.17. The molecule has 0 fully saturated rings. The molecule has 4 aromatic rings. The van der Waals surface area contributed by atoms with Gasteiger partial charge in [0.15, 0.2) is 12.4 Å². The molecule has 5 heteroatoms. The van der Waals surface area contributed by atoms with Crippen LogP contribution in [-0.4, -0.2) is 12.4 Å². The molecular weight excluding hydrogens is 364 g/mol. The van der Waals surface area contributed by atoms with E-state index in [0.29, 0.717) is 21.9 Å². The van der Waals surface area contributed by atoms with Gasteiger partial charge in [0.25, 0.3) is 0 Å². The zero-order valence-electron chi connectivity index (χ0n) is 14.5. The zero-order chi connectivity index (χ0) is 19.0. The fraction of sp³-hybridized carbons (Fsp3) is 0.0909. The Morgan fingerprint density at radius 3 is 2.63 bits per heavy atom. The van der Waals surface area contributed by atoms with Crippen LogP contribution in [0.2, 0.25) is 5.02 Å². The molecule has 3 aromatic carbocycles. The van der Waals surface area contributed by atoms with Crippen LogP contribution in [0.5, 0.6) is 5.75 Å². The van der Waals surface area contributed by atoms with Gasteiger partial charge in [-0.1, -0.05) is 48.0 Å². The van der Waals surface area contributed by atoms with E-state index < -0.39 is 5.63 Å². The molecule has 134 valence electrons. The third kappa shape index (κ3) is 3.44. The Labute approximate surface area is 159 Å². The number of ketones is 1. The van der Waals surface area contributed by atoms with Gasteiger partial charge in [-0.2, -0.15) is 0 Å². The fourth-order valence-electron chi connectivity index (χ4n) is 3.02. The predicted molar refractivity (Wildman–Crippen MR) is 106 cm³/mol. The number of carbonyl (C=O) groups is 1. The lowest BCUT2D eigenvalue weighted by molar-refractivity contribution is 0.0922. The van der Waals surface area contributed by atoms with Gasteiger partial charge in [-0.25, -0.2) is 4.79 Å². The second kappa shape index (κ2) is 6.89. The van der Waals surface area contributed by atoms with Crippen LogP contribution < -0.4 is 10.4 Å². The number of ether oxygens (including phenoxy) is 1. The molecule has 0 saturated carbocycles. The summed E-state index contributed by atoms with van der Waals surface area (Å²) in [5.74, 6) is 0.134. The van der Waals surface area contributed by atoms with E-state index >= 15 is 0 Å². The molecule has 0 amide bonds. The Morgan fingerprint density at radius 1 is 1.04 bits per heavy atom. The topological polar surface area (TPSA) is 56.5 Å². The number of rotatable bonds is 4. The Balaban J connectivity index is 1.59. The number of halogens is 1. The van der Waals surface area contributed by atoms with E-state index in [4.69, 9.17) is 20.8 Å². The minimum atomic E-state index is -0.444. The molecule has 4 rings (SSSR count). The first-order chi connectivity index (χ1) is 13.0. The van der Waals surface area contributed by atoms with Gasteiger partial charge in [-0.05, 0) is 35.4 Å². The average Bonchev–Trinajstić information content (AvgIpc) is 2.66. The Morgan fingerprint density at radius 2 is 1.81 bits per heavy atom. The van der Waals surface area contributed by atoms with Crippen molar-refractivity contribution in [1.29, 1.82) is 0 Å². The lowest BCUT2D eigenvalue weighted by Gasteiger charge is -2.10. The molecule has 0 unspecified atom stereocenters. The standard InChI is InChI=1S/C22H15ClO4/c1-13-8-22(25)27-20-11-21(18(23)10-17(13)20)26-12-19(24)16-7-6-14-4-2-3-5-15(14)9-16/h2-11H,12H2,1H3. The number of hydrogen-bond acceptors (Lipinski definition) is 4. The van der Waals surface area contributed by atoms with Crippen molar-refractivity contribution in [2.75, 3.05) is 6.61 Å². The van der Waals surface area contributed by atoms with Crippen molar-refractivity contribution >= 4 is 39.1 Å². The molecule has 0 aliphatic heterocycles. The van der Waals surface area contributed by atoms with E-state index in [1.807, 2.05) is 36.4 Å². The lowest BCUT2D eigenvalue weighted by Crippen LogP contribution is -2.12. The van der Waals surface area contributed by atoms with E-state index in [1.165, 1.54) is 6.07 Å². The maximum Gasteiger partial charge on any atom is 0.336 e. The van der Waals surface area contributed by atoms with Gasteiger partial charge in [-0.3, -0.25) is 4.79 Å². The second-order valence-corrected chi connectivity index (χ2v) is 6.71. The third-order valence-electron chi connectivity index (χ3n) is 4.43. The summed E-state index contributed by atoms with van der Waals surface area (Å²) in [6.45, 7) is 1.64. The van der Waals surface area contributed by atoms with Crippen LogP contribution in [0.3, 0.4) is 0 Å². The van der Waals surface area contributed by atoms with Crippen molar-refractivity contribution in [3.8, 4) is 5.75 Å². The van der Waals surface area contributed by atoms with Crippen LogP contribution in [0.25, 0.3) is 21.7 Å². The highest BCUT2D eigenvalue weighted by Gasteiger charge is 2.12. The van der Waals surface area contributed by atoms with Crippen molar-refractivity contribution < 1.29 is 13.9 Å². The van der Waals surface area contributed by atoms with Crippen molar-refractivity contribution in [2.45, 2.75) is 6.92 Å². The average molecular weight is 379 g/mol. The van der Waals surface area contributed by atoms with Crippen molar-refractivity contribution in [3.05, 3.63) is 87.2 Å². The van der Waals surface area contributed by atoms with Crippen LogP contribution in [0.4, 0.5) is 0 Å². The first-order valence-electron chi connectivity index (χ1n) is 8.40. The number of hydrogen-bond donors (Lipinski definition) is 0. The SMILES string of the molecule is Cc1cc(=O)oc2cc(OCC(=O)c3ccc4ccccc4c3)c(Cl)cc12. The monoisotopic (exact) mass is 378 g/mol. The largest absolute Gasteiger partial charge is 0.484 e. The summed E-state index contributed by atoms with van der Waals surface area (Å²) in [7, 11) is 0. The van der Waals surface area contributed by atoms with Gasteiger partial charge < -0.3 is 9.15 Å². The summed E-state index contributed by atoms with van der Waals surface area (Å²) < 4.78 is 10.8. The normalized spacial score (nSPS) is 11.0. The highest BCUT2D eigenvalue weighted by atomic mass is 35.5. The van der Waals surface area contributed by atoms with Crippen LogP contribution in [0.15, 0.2) is 69.9 Å². The Bertz CT molecular complexity index is 1240. The molecule has 0 aliphatic carbocycles. The highest BCUT2D eigenvalue weighted by molar-refractivity contribution is 6.32. The van der Waals surface area contributed by atoms with Crippen LogP contribution in [0, 0.1) is 6.92 Å². The summed E-state index contributed by atoms with van der Waals surface area (Å²) in [4.78, 5) is 24.1. The molecule has 0 bridgehead atoms. The molecule has 0 spiro atoms. The Kier molecular flexibility index (Phi) is 4.42. The van der Waals surface area contributed by atoms with Crippen molar-refractivity contribution in [3.63, 3.8) is 0 Å². The molecular formula is C22H15ClO4. The number of fused-ring (bicyclic) bond motifs is 2. The van der Waals surface area contributed by atoms with Gasteiger partial charge >= 0.3 is 5.63 Å². The minimum Gasteiger partial charge on any atom is -0.484 e. The van der Waals surface area contributed by atoms with E-state index in [2.05, 4.69) is 0 Å². The molecule has 0 aliphatic rings. The lowest BCUT2D eigenvalue weighted by atomic mass is 10.0. The zero-order valence-corrected chi connectivity index (χ0v) is 15.2. The van der Waals surface area contributed by atoms with Crippen LogP contribution in [0.1, 0.15) is 15.9 Å². The number of Topliss-reactive ketones (excluding diaryl/α,β-unsaturated/α-hetero) is 1. The summed E-state index contributed by atoms with van der Waals surface area (Å²) in [6, 6.07) is 18.0. The maximum absolute atomic E-state index is 12.5. The molecule has 1 heterocycles. The maximum atomic E-state index is 12.5. The van der Waals surface area contributed by atoms with Gasteiger partial charge in [0, 0.05) is 23.1 Å². The van der Waals surface area contributed by atoms with Crippen LogP contribution >= 0.6 is 11.6 Å². The minimum absolute atomic E-state index is 0.164. The van der Waals surface area contributed by atoms with E-state index in [-0.39, 0.29) is 12.4 Å². The molecule has 27 heavy (non-hydrogen) atoms. The first-order valence-corrected chi connectivity index (χ1v) is 8.78. The van der Waals surface area contributed by atoms with Crippen molar-refractivity contribution in [1.82, 2.24) is 0 Å². The molecule has 1 aromatic heterocycles. The second-order valence-electron chi connectivity index (χ2n) is 6.30. The highest BCUT2D eigenvalue weighted by Crippen LogP contribution is 2.31. The smallest absolute Gasteiger partial charge is 0.336 e. The Hall–Kier alpha value is -3.11. The van der Waals surface area contributed by atoms with E-state index in [9.17, 15) is 9.59 Å². The van der Waals surface area contributed by atoms with Gasteiger partial charge in [-0.15, -0.1) is 0 Å². The van der Waals surface area contributed by atoms with Gasteiger partial charge in [0.05, 0.1) is 5.02 Å². The summed E-state index contributed by atoms with van der Waals surface area (Å²) >= 11 is 6.27. The molecule has 0 saturated heterocycles. The van der Waals surface area contributed by atoms with E-state index in [0.717, 1.165) is 21.7 Å². The molecule has 0 radical (unpaired) electrons. The fourth-order valence-corrected chi connectivity index (χ4v) is 3.24. The van der Waals surface area contributed by atoms with Gasteiger partial charge in [0.1, 0.15) is 11.3 Å². The summed E-state index contributed by atoms with van der Waals surface area (Å²) in [5, 5.41) is 3.14. The molecule has 0 N–H and O–H groups in total. The van der Waals surface area contributed by atoms with E-state index in [1.54, 1.807) is 25.1 Å². The number of benzene rings is 3. The number of carbonyl (C=O) groups excluding carboxylic acids is 1. The van der Waals surface area contributed by atoms with Crippen molar-refractivity contribution in [2.24, 2.45) is 0 Å². The third-order valence-corrected chi connectivity index (χ3v) is 4.73. The first kappa shape index (κ1) is 17.3. The van der Waals surface area contributed by atoms with Crippen LogP contribution in [-0.2, 0) is 0 Å². The van der Waals surface area contributed by atoms with Gasteiger partial charge in [0.2, 0.25) is 0 Å². The summed E-state index contributed by atoms with van der Waals surface area (Å²) in [6.07, 6.45) is 0. The summed E-state index contributed by atoms with van der Waals surface area (Å²) in [5.41, 5.74) is 1.26. The quantitative estimate of drug-likeness (QED) is 0.363. The number of aryl methyl sites for hydroxylation is 1. The molecule has 0 atom stereocenters. The molecule has 4 nitrogen and oxygen atoms in total.